The first-order valence-corrected chi connectivity index (χ1v) is 7.04. The Balaban J connectivity index is 1.99. The SMILES string of the molecule is Cn1c(-c2ccccc2)ccc(Cc2ccccc2)c1=O. The molecule has 21 heavy (non-hydrogen) atoms. The van der Waals surface area contributed by atoms with Crippen molar-refractivity contribution in [3.05, 3.63) is 94.3 Å². The zero-order valence-electron chi connectivity index (χ0n) is 12.0. The van der Waals surface area contributed by atoms with Crippen molar-refractivity contribution in [3.8, 4) is 11.3 Å². The summed E-state index contributed by atoms with van der Waals surface area (Å²) in [5.74, 6) is 0. The number of rotatable bonds is 3. The Morgan fingerprint density at radius 1 is 0.810 bits per heavy atom. The minimum atomic E-state index is 0.0696. The summed E-state index contributed by atoms with van der Waals surface area (Å²) in [6.45, 7) is 0. The van der Waals surface area contributed by atoms with Gasteiger partial charge in [-0.25, -0.2) is 0 Å². The van der Waals surface area contributed by atoms with Crippen LogP contribution in [0.25, 0.3) is 11.3 Å². The molecule has 3 aromatic rings. The van der Waals surface area contributed by atoms with Gasteiger partial charge in [0.1, 0.15) is 0 Å². The highest BCUT2D eigenvalue weighted by Gasteiger charge is 2.07. The summed E-state index contributed by atoms with van der Waals surface area (Å²) in [6, 6.07) is 24.0. The highest BCUT2D eigenvalue weighted by molar-refractivity contribution is 5.59. The van der Waals surface area contributed by atoms with E-state index in [2.05, 4.69) is 0 Å². The largest absolute Gasteiger partial charge is 0.311 e. The van der Waals surface area contributed by atoms with E-state index in [-0.39, 0.29) is 5.56 Å². The van der Waals surface area contributed by atoms with Crippen LogP contribution in [0.4, 0.5) is 0 Å². The predicted octanol–water partition coefficient (Wildman–Crippen LogP) is 3.64. The summed E-state index contributed by atoms with van der Waals surface area (Å²) >= 11 is 0. The van der Waals surface area contributed by atoms with Crippen molar-refractivity contribution in [1.29, 1.82) is 0 Å². The van der Waals surface area contributed by atoms with Crippen LogP contribution >= 0.6 is 0 Å². The van der Waals surface area contributed by atoms with Gasteiger partial charge in [-0.15, -0.1) is 0 Å². The van der Waals surface area contributed by atoms with E-state index < -0.39 is 0 Å². The molecule has 1 heterocycles. The van der Waals surface area contributed by atoms with Gasteiger partial charge in [0.25, 0.3) is 5.56 Å². The smallest absolute Gasteiger partial charge is 0.254 e. The van der Waals surface area contributed by atoms with Gasteiger partial charge in [-0.1, -0.05) is 66.7 Å². The van der Waals surface area contributed by atoms with Gasteiger partial charge in [0.05, 0.1) is 5.69 Å². The standard InChI is InChI=1S/C19H17NO/c1-20-18(16-10-6-3-7-11-16)13-12-17(19(20)21)14-15-8-4-2-5-9-15/h2-13H,14H2,1H3. The molecule has 0 spiro atoms. The van der Waals surface area contributed by atoms with Crippen LogP contribution in [-0.2, 0) is 13.5 Å². The number of benzene rings is 2. The third-order valence-corrected chi connectivity index (χ3v) is 3.69. The zero-order chi connectivity index (χ0) is 14.7. The fraction of sp³-hybridized carbons (Fsp3) is 0.105. The lowest BCUT2D eigenvalue weighted by atomic mass is 10.0. The van der Waals surface area contributed by atoms with Gasteiger partial charge >= 0.3 is 0 Å². The summed E-state index contributed by atoms with van der Waals surface area (Å²) < 4.78 is 1.73. The molecule has 0 aliphatic carbocycles. The first kappa shape index (κ1) is 13.4. The van der Waals surface area contributed by atoms with Crippen molar-refractivity contribution in [3.63, 3.8) is 0 Å². The van der Waals surface area contributed by atoms with Gasteiger partial charge in [-0.2, -0.15) is 0 Å². The Morgan fingerprint density at radius 3 is 2.10 bits per heavy atom. The molecule has 0 aliphatic rings. The van der Waals surface area contributed by atoms with Crippen LogP contribution in [0, 0.1) is 0 Å². The average molecular weight is 275 g/mol. The van der Waals surface area contributed by atoms with E-state index in [0.29, 0.717) is 6.42 Å². The molecule has 0 saturated heterocycles. The van der Waals surface area contributed by atoms with E-state index in [0.717, 1.165) is 22.4 Å². The van der Waals surface area contributed by atoms with Crippen LogP contribution in [0.3, 0.4) is 0 Å². The molecule has 0 fully saturated rings. The van der Waals surface area contributed by atoms with Crippen LogP contribution in [0.5, 0.6) is 0 Å². The van der Waals surface area contributed by atoms with E-state index in [1.807, 2.05) is 79.8 Å². The topological polar surface area (TPSA) is 22.0 Å². The van der Waals surface area contributed by atoms with Crippen LogP contribution in [-0.4, -0.2) is 4.57 Å². The number of aromatic nitrogens is 1. The van der Waals surface area contributed by atoms with Crippen molar-refractivity contribution in [2.75, 3.05) is 0 Å². The maximum atomic E-state index is 12.5. The van der Waals surface area contributed by atoms with Crippen LogP contribution in [0.15, 0.2) is 77.6 Å². The monoisotopic (exact) mass is 275 g/mol. The Morgan fingerprint density at radius 2 is 1.43 bits per heavy atom. The molecule has 1 aromatic heterocycles. The molecule has 0 saturated carbocycles. The number of hydrogen-bond donors (Lipinski definition) is 0. The molecule has 0 atom stereocenters. The Labute approximate surface area is 124 Å². The van der Waals surface area contributed by atoms with Gasteiger partial charge in [0.2, 0.25) is 0 Å². The second-order valence-corrected chi connectivity index (χ2v) is 5.14. The van der Waals surface area contributed by atoms with Gasteiger partial charge in [0, 0.05) is 19.0 Å². The van der Waals surface area contributed by atoms with Crippen molar-refractivity contribution in [1.82, 2.24) is 4.57 Å². The lowest BCUT2D eigenvalue weighted by molar-refractivity contribution is 0.849. The molecule has 0 amide bonds. The van der Waals surface area contributed by atoms with Crippen molar-refractivity contribution in [2.24, 2.45) is 7.05 Å². The molecule has 2 aromatic carbocycles. The quantitative estimate of drug-likeness (QED) is 0.715. The van der Waals surface area contributed by atoms with E-state index in [1.54, 1.807) is 4.57 Å². The predicted molar refractivity (Wildman–Crippen MR) is 86.4 cm³/mol. The second kappa shape index (κ2) is 5.80. The highest BCUT2D eigenvalue weighted by atomic mass is 16.1. The number of hydrogen-bond acceptors (Lipinski definition) is 1. The molecule has 3 rings (SSSR count). The highest BCUT2D eigenvalue weighted by Crippen LogP contribution is 2.17. The van der Waals surface area contributed by atoms with E-state index in [1.165, 1.54) is 0 Å². The Kier molecular flexibility index (Phi) is 3.69. The van der Waals surface area contributed by atoms with Crippen molar-refractivity contribution in [2.45, 2.75) is 6.42 Å². The molecule has 2 nitrogen and oxygen atoms in total. The maximum Gasteiger partial charge on any atom is 0.254 e. The van der Waals surface area contributed by atoms with E-state index in [9.17, 15) is 4.79 Å². The molecular formula is C19H17NO. The molecule has 0 radical (unpaired) electrons. The molecule has 0 N–H and O–H groups in total. The summed E-state index contributed by atoms with van der Waals surface area (Å²) in [4.78, 5) is 12.5. The maximum absolute atomic E-state index is 12.5. The zero-order valence-corrected chi connectivity index (χ0v) is 12.0. The van der Waals surface area contributed by atoms with Gasteiger partial charge in [-0.3, -0.25) is 4.79 Å². The average Bonchev–Trinajstić information content (AvgIpc) is 2.54. The molecule has 0 bridgehead atoms. The fourth-order valence-corrected chi connectivity index (χ4v) is 2.54. The minimum absolute atomic E-state index is 0.0696. The molecule has 104 valence electrons. The minimum Gasteiger partial charge on any atom is -0.311 e. The first-order valence-electron chi connectivity index (χ1n) is 7.04. The molecular weight excluding hydrogens is 258 g/mol. The molecule has 0 unspecified atom stereocenters. The third kappa shape index (κ3) is 2.79. The van der Waals surface area contributed by atoms with Gasteiger partial charge in [-0.05, 0) is 17.2 Å². The second-order valence-electron chi connectivity index (χ2n) is 5.14. The van der Waals surface area contributed by atoms with Gasteiger partial charge in [0.15, 0.2) is 0 Å². The fourth-order valence-electron chi connectivity index (χ4n) is 2.54. The van der Waals surface area contributed by atoms with E-state index in [4.69, 9.17) is 0 Å². The Bertz CT molecular complexity index is 789. The van der Waals surface area contributed by atoms with Crippen LogP contribution < -0.4 is 5.56 Å². The van der Waals surface area contributed by atoms with Crippen molar-refractivity contribution < 1.29 is 0 Å². The van der Waals surface area contributed by atoms with Crippen molar-refractivity contribution >= 4 is 0 Å². The molecule has 2 heteroatoms. The number of nitrogens with zero attached hydrogens (tertiary/aromatic N) is 1. The third-order valence-electron chi connectivity index (χ3n) is 3.69. The number of pyridine rings is 1. The summed E-state index contributed by atoms with van der Waals surface area (Å²) in [5.41, 5.74) is 4.05. The molecule has 0 aliphatic heterocycles. The van der Waals surface area contributed by atoms with Crippen LogP contribution in [0.1, 0.15) is 11.1 Å². The van der Waals surface area contributed by atoms with Crippen LogP contribution in [0.2, 0.25) is 0 Å². The first-order chi connectivity index (χ1) is 10.3. The van der Waals surface area contributed by atoms with E-state index >= 15 is 0 Å². The Hall–Kier alpha value is -2.61. The summed E-state index contributed by atoms with van der Waals surface area (Å²) in [5, 5.41) is 0. The normalized spacial score (nSPS) is 10.5. The summed E-state index contributed by atoms with van der Waals surface area (Å²) in [6.07, 6.45) is 0.669. The summed E-state index contributed by atoms with van der Waals surface area (Å²) in [7, 11) is 1.83. The lowest BCUT2D eigenvalue weighted by Gasteiger charge is -2.10. The lowest BCUT2D eigenvalue weighted by Crippen LogP contribution is -2.22. The van der Waals surface area contributed by atoms with Gasteiger partial charge < -0.3 is 4.57 Å².